The Hall–Kier alpha value is -1.71. The summed E-state index contributed by atoms with van der Waals surface area (Å²) in [6, 6.07) is 8.85. The van der Waals surface area contributed by atoms with Gasteiger partial charge in [-0.2, -0.15) is 0 Å². The van der Waals surface area contributed by atoms with E-state index in [2.05, 4.69) is 26.0 Å². The molecule has 3 rings (SSSR count). The lowest BCUT2D eigenvalue weighted by molar-refractivity contribution is 0.154. The van der Waals surface area contributed by atoms with Gasteiger partial charge >= 0.3 is 6.09 Å². The van der Waals surface area contributed by atoms with Gasteiger partial charge in [-0.3, -0.25) is 4.90 Å². The van der Waals surface area contributed by atoms with Gasteiger partial charge in [0.15, 0.2) is 0 Å². The van der Waals surface area contributed by atoms with Crippen LogP contribution in [-0.2, 0) is 11.2 Å². The van der Waals surface area contributed by atoms with Crippen LogP contribution >= 0.6 is 0 Å². The maximum absolute atomic E-state index is 12.0. The Balaban J connectivity index is 1.59. The van der Waals surface area contributed by atoms with E-state index in [9.17, 15) is 4.79 Å². The summed E-state index contributed by atoms with van der Waals surface area (Å²) >= 11 is 0. The molecule has 4 nitrogen and oxygen atoms in total. The summed E-state index contributed by atoms with van der Waals surface area (Å²) in [7, 11) is 1.68. The molecule has 2 fully saturated rings. The van der Waals surface area contributed by atoms with Crippen molar-refractivity contribution in [2.45, 2.75) is 45.2 Å². The third kappa shape index (κ3) is 3.21. The van der Waals surface area contributed by atoms with Crippen molar-refractivity contribution < 1.29 is 14.3 Å². The van der Waals surface area contributed by atoms with E-state index < -0.39 is 0 Å². The van der Waals surface area contributed by atoms with E-state index in [-0.39, 0.29) is 12.1 Å². The average molecular weight is 303 g/mol. The highest BCUT2D eigenvalue weighted by Gasteiger charge is 2.49. The number of carbonyl (C=O) groups excluding carboxylic acids is 1. The van der Waals surface area contributed by atoms with E-state index in [1.807, 2.05) is 17.0 Å². The van der Waals surface area contributed by atoms with Crippen molar-refractivity contribution >= 4 is 6.09 Å². The minimum Gasteiger partial charge on any atom is -0.497 e. The summed E-state index contributed by atoms with van der Waals surface area (Å²) in [4.78, 5) is 14.0. The summed E-state index contributed by atoms with van der Waals surface area (Å²) in [6.45, 7) is 4.95. The smallest absolute Gasteiger partial charge is 0.410 e. The molecule has 4 heteroatoms. The zero-order valence-electron chi connectivity index (χ0n) is 13.6. The minimum absolute atomic E-state index is 0.118. The number of nitrogens with zero attached hydrogens (tertiary/aromatic N) is 1. The lowest BCUT2D eigenvalue weighted by atomic mass is 10.0. The first-order valence-electron chi connectivity index (χ1n) is 8.16. The van der Waals surface area contributed by atoms with E-state index in [1.54, 1.807) is 7.11 Å². The second-order valence-corrected chi connectivity index (χ2v) is 6.88. The standard InChI is InChI=1S/C18H25NO3/c1-12(2)8-15-11-22-18(20)19(15)17-10-14(17)9-13-4-6-16(21-3)7-5-13/h4-7,12,14-15,17H,8-11H2,1-3H3/t14-,15+,17-/m0/s1. The van der Waals surface area contributed by atoms with Gasteiger partial charge < -0.3 is 9.47 Å². The Morgan fingerprint density at radius 2 is 2.05 bits per heavy atom. The number of hydrogen-bond acceptors (Lipinski definition) is 3. The van der Waals surface area contributed by atoms with Crippen molar-refractivity contribution in [1.29, 1.82) is 0 Å². The molecule has 1 heterocycles. The van der Waals surface area contributed by atoms with E-state index >= 15 is 0 Å². The zero-order chi connectivity index (χ0) is 15.7. The summed E-state index contributed by atoms with van der Waals surface area (Å²) < 4.78 is 10.5. The number of rotatable bonds is 6. The maximum Gasteiger partial charge on any atom is 0.410 e. The molecule has 120 valence electrons. The van der Waals surface area contributed by atoms with Crippen LogP contribution in [0.4, 0.5) is 4.79 Å². The van der Waals surface area contributed by atoms with E-state index in [1.165, 1.54) is 5.56 Å². The highest BCUT2D eigenvalue weighted by molar-refractivity contribution is 5.71. The number of amides is 1. The SMILES string of the molecule is COc1ccc(C[C@H]2C[C@@H]2N2C(=O)OC[C@H]2CC(C)C)cc1. The number of carbonyl (C=O) groups is 1. The monoisotopic (exact) mass is 303 g/mol. The Labute approximate surface area is 132 Å². The first-order chi connectivity index (χ1) is 10.6. The first kappa shape index (κ1) is 15.2. The van der Waals surface area contributed by atoms with Crippen LogP contribution in [0.15, 0.2) is 24.3 Å². The Morgan fingerprint density at radius 1 is 1.32 bits per heavy atom. The predicted molar refractivity (Wildman–Crippen MR) is 85.0 cm³/mol. The highest BCUT2D eigenvalue weighted by Crippen LogP contribution is 2.42. The molecule has 2 aliphatic rings. The van der Waals surface area contributed by atoms with Crippen LogP contribution in [0.25, 0.3) is 0 Å². The molecule has 1 saturated heterocycles. The molecule has 1 saturated carbocycles. The third-order valence-corrected chi connectivity index (χ3v) is 4.65. The normalized spacial score (nSPS) is 27.2. The van der Waals surface area contributed by atoms with Crippen molar-refractivity contribution in [2.24, 2.45) is 11.8 Å². The molecular formula is C18H25NO3. The molecule has 0 N–H and O–H groups in total. The first-order valence-corrected chi connectivity index (χ1v) is 8.16. The van der Waals surface area contributed by atoms with Gasteiger partial charge in [0.2, 0.25) is 0 Å². The summed E-state index contributed by atoms with van der Waals surface area (Å²) in [6.07, 6.45) is 3.02. The van der Waals surface area contributed by atoms with Gasteiger partial charge in [-0.1, -0.05) is 26.0 Å². The lowest BCUT2D eigenvalue weighted by Crippen LogP contribution is -2.37. The van der Waals surface area contributed by atoms with Crippen LogP contribution in [0.5, 0.6) is 5.75 Å². The summed E-state index contributed by atoms with van der Waals surface area (Å²) in [5.74, 6) is 2.03. The second kappa shape index (κ2) is 6.19. The third-order valence-electron chi connectivity index (χ3n) is 4.65. The van der Waals surface area contributed by atoms with Crippen LogP contribution in [0, 0.1) is 11.8 Å². The van der Waals surface area contributed by atoms with Crippen LogP contribution in [-0.4, -0.2) is 36.8 Å². The fourth-order valence-electron chi connectivity index (χ4n) is 3.46. The zero-order valence-corrected chi connectivity index (χ0v) is 13.6. The van der Waals surface area contributed by atoms with Gasteiger partial charge in [-0.05, 0) is 48.8 Å². The van der Waals surface area contributed by atoms with Crippen LogP contribution < -0.4 is 4.74 Å². The quantitative estimate of drug-likeness (QED) is 0.807. The number of hydrogen-bond donors (Lipinski definition) is 0. The van der Waals surface area contributed by atoms with Crippen molar-refractivity contribution in [2.75, 3.05) is 13.7 Å². The lowest BCUT2D eigenvalue weighted by Gasteiger charge is -2.23. The van der Waals surface area contributed by atoms with Crippen LogP contribution in [0.1, 0.15) is 32.3 Å². The molecule has 3 atom stereocenters. The molecule has 22 heavy (non-hydrogen) atoms. The highest BCUT2D eigenvalue weighted by atomic mass is 16.6. The molecule has 0 unspecified atom stereocenters. The predicted octanol–water partition coefficient (Wildman–Crippen LogP) is 3.49. The minimum atomic E-state index is -0.118. The van der Waals surface area contributed by atoms with Gasteiger partial charge in [0, 0.05) is 6.04 Å². The number of methoxy groups -OCH3 is 1. The fourth-order valence-corrected chi connectivity index (χ4v) is 3.46. The van der Waals surface area contributed by atoms with Crippen molar-refractivity contribution in [3.8, 4) is 5.75 Å². The van der Waals surface area contributed by atoms with Gasteiger partial charge in [0.25, 0.3) is 0 Å². The molecule has 0 bridgehead atoms. The van der Waals surface area contributed by atoms with Crippen molar-refractivity contribution in [3.05, 3.63) is 29.8 Å². The molecule has 0 spiro atoms. The average Bonchev–Trinajstić information content (AvgIpc) is 3.14. The van der Waals surface area contributed by atoms with Crippen LogP contribution in [0.2, 0.25) is 0 Å². The number of ether oxygens (including phenoxy) is 2. The number of cyclic esters (lactones) is 1. The van der Waals surface area contributed by atoms with Gasteiger partial charge in [-0.15, -0.1) is 0 Å². The van der Waals surface area contributed by atoms with Crippen LogP contribution in [0.3, 0.4) is 0 Å². The largest absolute Gasteiger partial charge is 0.497 e. The summed E-state index contributed by atoms with van der Waals surface area (Å²) in [5.41, 5.74) is 1.31. The van der Waals surface area contributed by atoms with Gasteiger partial charge in [-0.25, -0.2) is 4.79 Å². The van der Waals surface area contributed by atoms with E-state index in [0.717, 1.165) is 25.0 Å². The Bertz CT molecular complexity index is 526. The van der Waals surface area contributed by atoms with E-state index in [4.69, 9.17) is 9.47 Å². The fraction of sp³-hybridized carbons (Fsp3) is 0.611. The van der Waals surface area contributed by atoms with Crippen molar-refractivity contribution in [3.63, 3.8) is 0 Å². The molecule has 1 aromatic carbocycles. The van der Waals surface area contributed by atoms with Gasteiger partial charge in [0.05, 0.1) is 13.2 Å². The second-order valence-electron chi connectivity index (χ2n) is 6.88. The Kier molecular flexibility index (Phi) is 4.27. The molecule has 1 aliphatic carbocycles. The molecular weight excluding hydrogens is 278 g/mol. The van der Waals surface area contributed by atoms with E-state index in [0.29, 0.717) is 24.5 Å². The van der Waals surface area contributed by atoms with Gasteiger partial charge in [0.1, 0.15) is 12.4 Å². The van der Waals surface area contributed by atoms with Crippen molar-refractivity contribution in [1.82, 2.24) is 4.90 Å². The molecule has 1 aliphatic heterocycles. The molecule has 0 aromatic heterocycles. The topological polar surface area (TPSA) is 38.8 Å². The molecule has 0 radical (unpaired) electrons. The Morgan fingerprint density at radius 3 is 2.68 bits per heavy atom. The maximum atomic E-state index is 12.0. The molecule has 1 aromatic rings. The number of benzene rings is 1. The summed E-state index contributed by atoms with van der Waals surface area (Å²) in [5, 5.41) is 0. The molecule has 1 amide bonds.